The summed E-state index contributed by atoms with van der Waals surface area (Å²) in [5.41, 5.74) is 2.98. The Morgan fingerprint density at radius 2 is 1.63 bits per heavy atom. The highest BCUT2D eigenvalue weighted by atomic mass is 79.9. The maximum absolute atomic E-state index is 12.5. The summed E-state index contributed by atoms with van der Waals surface area (Å²) in [6, 6.07) is 22.8. The second-order valence-electron chi connectivity index (χ2n) is 6.26. The minimum Gasteiger partial charge on any atom is -0.489 e. The van der Waals surface area contributed by atoms with Crippen LogP contribution in [0.25, 0.3) is 0 Å². The Balaban J connectivity index is 1.59. The first-order valence-corrected chi connectivity index (χ1v) is 9.33. The van der Waals surface area contributed by atoms with E-state index in [1.165, 1.54) is 4.90 Å². The molecule has 0 spiro atoms. The normalized spacial score (nSPS) is 13.0. The van der Waals surface area contributed by atoms with Crippen LogP contribution >= 0.6 is 15.9 Å². The van der Waals surface area contributed by atoms with Crippen molar-refractivity contribution in [1.29, 1.82) is 0 Å². The van der Waals surface area contributed by atoms with Gasteiger partial charge in [-0.05, 0) is 29.8 Å². The number of halogens is 1. The van der Waals surface area contributed by atoms with Crippen LogP contribution in [-0.4, -0.2) is 11.7 Å². The minimum absolute atomic E-state index is 0.282. The van der Waals surface area contributed by atoms with Crippen molar-refractivity contribution in [3.63, 3.8) is 0 Å². The molecule has 0 atom stereocenters. The van der Waals surface area contributed by atoms with Gasteiger partial charge in [-0.25, -0.2) is 0 Å². The van der Waals surface area contributed by atoms with Crippen molar-refractivity contribution < 1.29 is 14.3 Å². The van der Waals surface area contributed by atoms with Crippen LogP contribution in [0.5, 0.6) is 5.75 Å². The third kappa shape index (κ3) is 3.51. The monoisotopic (exact) mass is 421 g/mol. The van der Waals surface area contributed by atoms with E-state index in [0.29, 0.717) is 23.6 Å². The van der Waals surface area contributed by atoms with E-state index < -0.39 is 11.7 Å². The number of rotatable bonds is 5. The molecule has 1 amide bonds. The Labute approximate surface area is 165 Å². The Morgan fingerprint density at radius 3 is 2.44 bits per heavy atom. The highest BCUT2D eigenvalue weighted by Gasteiger charge is 2.36. The first-order chi connectivity index (χ1) is 13.1. The third-order valence-corrected chi connectivity index (χ3v) is 4.96. The van der Waals surface area contributed by atoms with E-state index in [1.54, 1.807) is 12.1 Å². The van der Waals surface area contributed by atoms with Crippen LogP contribution in [0.15, 0.2) is 77.3 Å². The van der Waals surface area contributed by atoms with Crippen LogP contribution in [0.4, 0.5) is 5.69 Å². The van der Waals surface area contributed by atoms with Gasteiger partial charge in [0.25, 0.3) is 11.7 Å². The minimum atomic E-state index is -0.513. The van der Waals surface area contributed by atoms with Crippen molar-refractivity contribution in [3.8, 4) is 5.75 Å². The Kier molecular flexibility index (Phi) is 4.77. The van der Waals surface area contributed by atoms with E-state index in [-0.39, 0.29) is 6.54 Å². The lowest BCUT2D eigenvalue weighted by molar-refractivity contribution is -0.114. The molecule has 1 aliphatic rings. The molecule has 0 saturated heterocycles. The van der Waals surface area contributed by atoms with Gasteiger partial charge in [0.2, 0.25) is 0 Å². The zero-order valence-corrected chi connectivity index (χ0v) is 16.0. The fourth-order valence-electron chi connectivity index (χ4n) is 3.11. The molecule has 0 aromatic heterocycles. The predicted octanol–water partition coefficient (Wildman–Crippen LogP) is 4.76. The first-order valence-electron chi connectivity index (χ1n) is 8.54. The molecule has 0 unspecified atom stereocenters. The number of anilines is 1. The highest BCUT2D eigenvalue weighted by Crippen LogP contribution is 2.34. The molecule has 4 rings (SSSR count). The molecule has 4 nitrogen and oxygen atoms in total. The van der Waals surface area contributed by atoms with Crippen LogP contribution in [0, 0.1) is 0 Å². The number of ketones is 1. The van der Waals surface area contributed by atoms with Crippen molar-refractivity contribution in [2.75, 3.05) is 4.90 Å². The zero-order valence-electron chi connectivity index (χ0n) is 14.4. The van der Waals surface area contributed by atoms with Crippen molar-refractivity contribution in [1.82, 2.24) is 0 Å². The molecule has 0 saturated carbocycles. The molecule has 0 aliphatic carbocycles. The van der Waals surface area contributed by atoms with E-state index in [1.807, 2.05) is 60.7 Å². The highest BCUT2D eigenvalue weighted by molar-refractivity contribution is 9.10. The van der Waals surface area contributed by atoms with E-state index in [2.05, 4.69) is 15.9 Å². The number of fused-ring (bicyclic) bond motifs is 1. The van der Waals surface area contributed by atoms with Gasteiger partial charge >= 0.3 is 0 Å². The van der Waals surface area contributed by atoms with Crippen LogP contribution in [0.2, 0.25) is 0 Å². The van der Waals surface area contributed by atoms with E-state index in [9.17, 15) is 9.59 Å². The number of carbonyl (C=O) groups excluding carboxylic acids is 2. The Morgan fingerprint density at radius 1 is 0.889 bits per heavy atom. The standard InChI is InChI=1S/C22H16BrNO3/c23-17-10-11-19-18(12-17)21(25)22(26)24(19)13-16-8-4-5-9-20(16)27-14-15-6-2-1-3-7-15/h1-12H,13-14H2. The molecular formula is C22H16BrNO3. The number of ether oxygens (including phenoxy) is 1. The Hall–Kier alpha value is -2.92. The molecule has 0 N–H and O–H groups in total. The Bertz CT molecular complexity index is 1020. The van der Waals surface area contributed by atoms with Gasteiger partial charge in [-0.15, -0.1) is 0 Å². The zero-order chi connectivity index (χ0) is 18.8. The van der Waals surface area contributed by atoms with Crippen molar-refractivity contribution >= 4 is 33.3 Å². The smallest absolute Gasteiger partial charge is 0.299 e. The number of nitrogens with zero attached hydrogens (tertiary/aromatic N) is 1. The maximum atomic E-state index is 12.5. The average Bonchev–Trinajstić information content (AvgIpc) is 2.92. The summed E-state index contributed by atoms with van der Waals surface area (Å²) in [7, 11) is 0. The molecule has 3 aromatic carbocycles. The molecule has 5 heteroatoms. The predicted molar refractivity (Wildman–Crippen MR) is 107 cm³/mol. The number of carbonyl (C=O) groups is 2. The SMILES string of the molecule is O=C1C(=O)N(Cc2ccccc2OCc2ccccc2)c2ccc(Br)cc21. The summed E-state index contributed by atoms with van der Waals surface area (Å²) >= 11 is 3.35. The van der Waals surface area contributed by atoms with Gasteiger partial charge in [0.15, 0.2) is 0 Å². The number of para-hydroxylation sites is 1. The summed E-state index contributed by atoms with van der Waals surface area (Å²) in [6.07, 6.45) is 0. The lowest BCUT2D eigenvalue weighted by Crippen LogP contribution is -2.29. The largest absolute Gasteiger partial charge is 0.489 e. The average molecular weight is 422 g/mol. The van der Waals surface area contributed by atoms with Crippen LogP contribution in [0.1, 0.15) is 21.5 Å². The lowest BCUT2D eigenvalue weighted by Gasteiger charge is -2.19. The molecule has 1 heterocycles. The van der Waals surface area contributed by atoms with E-state index in [0.717, 1.165) is 15.6 Å². The third-order valence-electron chi connectivity index (χ3n) is 4.47. The van der Waals surface area contributed by atoms with Gasteiger partial charge in [-0.2, -0.15) is 0 Å². The van der Waals surface area contributed by atoms with Crippen molar-refractivity contribution in [2.45, 2.75) is 13.2 Å². The number of hydrogen-bond donors (Lipinski definition) is 0. The van der Waals surface area contributed by atoms with Gasteiger partial charge in [-0.3, -0.25) is 9.59 Å². The van der Waals surface area contributed by atoms with Gasteiger partial charge in [0.05, 0.1) is 17.8 Å². The van der Waals surface area contributed by atoms with Gasteiger partial charge in [0, 0.05) is 10.0 Å². The summed E-state index contributed by atoms with van der Waals surface area (Å²) in [5, 5.41) is 0. The number of Topliss-reactive ketones (excluding diaryl/α,β-unsaturated/α-hetero) is 1. The van der Waals surface area contributed by atoms with Crippen molar-refractivity contribution in [2.24, 2.45) is 0 Å². The molecule has 0 radical (unpaired) electrons. The number of benzene rings is 3. The maximum Gasteiger partial charge on any atom is 0.299 e. The molecule has 0 bridgehead atoms. The van der Waals surface area contributed by atoms with E-state index >= 15 is 0 Å². The van der Waals surface area contributed by atoms with Crippen LogP contribution < -0.4 is 9.64 Å². The fourth-order valence-corrected chi connectivity index (χ4v) is 3.47. The van der Waals surface area contributed by atoms with Gasteiger partial charge in [-0.1, -0.05) is 64.5 Å². The molecule has 134 valence electrons. The molecule has 1 aliphatic heterocycles. The van der Waals surface area contributed by atoms with Crippen LogP contribution in [-0.2, 0) is 17.9 Å². The van der Waals surface area contributed by atoms with Gasteiger partial charge < -0.3 is 9.64 Å². The first kappa shape index (κ1) is 17.5. The van der Waals surface area contributed by atoms with E-state index in [4.69, 9.17) is 4.74 Å². The molecule has 27 heavy (non-hydrogen) atoms. The number of hydrogen-bond acceptors (Lipinski definition) is 3. The number of amides is 1. The molecule has 3 aromatic rings. The summed E-state index contributed by atoms with van der Waals surface area (Å²) in [5.74, 6) is -0.290. The lowest BCUT2D eigenvalue weighted by atomic mass is 10.1. The second kappa shape index (κ2) is 7.37. The topological polar surface area (TPSA) is 46.6 Å². The van der Waals surface area contributed by atoms with Crippen molar-refractivity contribution in [3.05, 3.63) is 94.0 Å². The summed E-state index contributed by atoms with van der Waals surface area (Å²) in [6.45, 7) is 0.721. The molecule has 0 fully saturated rings. The van der Waals surface area contributed by atoms with Crippen LogP contribution in [0.3, 0.4) is 0 Å². The summed E-state index contributed by atoms with van der Waals surface area (Å²) in [4.78, 5) is 26.3. The van der Waals surface area contributed by atoms with Gasteiger partial charge in [0.1, 0.15) is 12.4 Å². The summed E-state index contributed by atoms with van der Waals surface area (Å²) < 4.78 is 6.75. The quantitative estimate of drug-likeness (QED) is 0.558. The fraction of sp³-hybridized carbons (Fsp3) is 0.0909. The second-order valence-corrected chi connectivity index (χ2v) is 7.18. The molecular weight excluding hydrogens is 406 g/mol.